The van der Waals surface area contributed by atoms with Crippen molar-refractivity contribution in [3.05, 3.63) is 0 Å². The Bertz CT molecular complexity index is 470. The standard InChI is InChI=1S/C17H33N3O2S/c1-18-15-16-5-11-19(12-6-16)23(21,22)20-13-9-17(10-14-20)7-3-2-4-8-17/h16,18H,2-15H2,1H3. The van der Waals surface area contributed by atoms with Crippen LogP contribution in [0.3, 0.4) is 0 Å². The SMILES string of the molecule is CNCC1CCN(S(=O)(=O)N2CCC3(CCCCC3)CC2)CC1. The van der Waals surface area contributed by atoms with Gasteiger partial charge in [0.15, 0.2) is 0 Å². The number of nitrogens with zero attached hydrogens (tertiary/aromatic N) is 2. The van der Waals surface area contributed by atoms with Crippen LogP contribution in [0, 0.1) is 11.3 Å². The minimum absolute atomic E-state index is 0.462. The Morgan fingerprint density at radius 1 is 0.913 bits per heavy atom. The van der Waals surface area contributed by atoms with Gasteiger partial charge in [-0.1, -0.05) is 19.3 Å². The van der Waals surface area contributed by atoms with Crippen molar-refractivity contribution in [2.75, 3.05) is 39.8 Å². The van der Waals surface area contributed by atoms with Crippen LogP contribution in [0.4, 0.5) is 0 Å². The molecule has 1 saturated carbocycles. The fourth-order valence-corrected chi connectivity index (χ4v) is 6.43. The van der Waals surface area contributed by atoms with Crippen LogP contribution in [0.5, 0.6) is 0 Å². The molecule has 2 saturated heterocycles. The molecule has 0 unspecified atom stereocenters. The van der Waals surface area contributed by atoms with Crippen LogP contribution in [0.2, 0.25) is 0 Å². The molecule has 6 heteroatoms. The summed E-state index contributed by atoms with van der Waals surface area (Å²) in [7, 11) is -1.26. The van der Waals surface area contributed by atoms with Crippen molar-refractivity contribution >= 4 is 10.2 Å². The molecule has 1 spiro atoms. The molecular weight excluding hydrogens is 310 g/mol. The normalized spacial score (nSPS) is 28.2. The lowest BCUT2D eigenvalue weighted by atomic mass is 9.68. The van der Waals surface area contributed by atoms with Crippen molar-refractivity contribution in [3.8, 4) is 0 Å². The minimum atomic E-state index is -3.23. The van der Waals surface area contributed by atoms with Crippen LogP contribution >= 0.6 is 0 Å². The predicted molar refractivity (Wildman–Crippen MR) is 93.5 cm³/mol. The molecule has 5 nitrogen and oxygen atoms in total. The van der Waals surface area contributed by atoms with Gasteiger partial charge in [-0.25, -0.2) is 0 Å². The maximum atomic E-state index is 12.9. The number of nitrogens with one attached hydrogen (secondary N) is 1. The van der Waals surface area contributed by atoms with Crippen LogP contribution < -0.4 is 5.32 Å². The largest absolute Gasteiger partial charge is 0.319 e. The molecule has 2 aliphatic heterocycles. The van der Waals surface area contributed by atoms with E-state index in [1.807, 2.05) is 7.05 Å². The second-order valence-corrected chi connectivity index (χ2v) is 9.80. The molecule has 3 aliphatic rings. The summed E-state index contributed by atoms with van der Waals surface area (Å²) in [6.07, 6.45) is 10.8. The third-order valence-corrected chi connectivity index (χ3v) is 8.45. The number of hydrogen-bond donors (Lipinski definition) is 1. The molecule has 0 atom stereocenters. The van der Waals surface area contributed by atoms with E-state index in [-0.39, 0.29) is 0 Å². The molecule has 3 fully saturated rings. The third-order valence-electron chi connectivity index (χ3n) is 6.42. The van der Waals surface area contributed by atoms with Crippen LogP contribution in [0.1, 0.15) is 57.8 Å². The molecule has 23 heavy (non-hydrogen) atoms. The van der Waals surface area contributed by atoms with Gasteiger partial charge in [0.25, 0.3) is 10.2 Å². The van der Waals surface area contributed by atoms with Gasteiger partial charge < -0.3 is 5.32 Å². The first-order valence-corrected chi connectivity index (χ1v) is 10.9. The smallest absolute Gasteiger partial charge is 0.281 e. The fourth-order valence-electron chi connectivity index (χ4n) is 4.79. The van der Waals surface area contributed by atoms with Gasteiger partial charge in [0.05, 0.1) is 0 Å². The maximum Gasteiger partial charge on any atom is 0.281 e. The lowest BCUT2D eigenvalue weighted by molar-refractivity contribution is 0.0983. The van der Waals surface area contributed by atoms with E-state index in [0.717, 1.165) is 45.3 Å². The highest BCUT2D eigenvalue weighted by Gasteiger charge is 2.40. The van der Waals surface area contributed by atoms with Gasteiger partial charge in [-0.15, -0.1) is 0 Å². The summed E-state index contributed by atoms with van der Waals surface area (Å²) in [4.78, 5) is 0. The van der Waals surface area contributed by atoms with Gasteiger partial charge in [0, 0.05) is 26.2 Å². The van der Waals surface area contributed by atoms with E-state index >= 15 is 0 Å². The van der Waals surface area contributed by atoms with Gasteiger partial charge in [0.1, 0.15) is 0 Å². The highest BCUT2D eigenvalue weighted by molar-refractivity contribution is 7.86. The number of hydrogen-bond acceptors (Lipinski definition) is 3. The maximum absolute atomic E-state index is 12.9. The van der Waals surface area contributed by atoms with Crippen LogP contribution in [-0.2, 0) is 10.2 Å². The Kier molecular flexibility index (Phi) is 5.66. The highest BCUT2D eigenvalue weighted by atomic mass is 32.2. The summed E-state index contributed by atoms with van der Waals surface area (Å²) < 4.78 is 29.3. The summed E-state index contributed by atoms with van der Waals surface area (Å²) in [5.41, 5.74) is 0.462. The molecule has 134 valence electrons. The van der Waals surface area contributed by atoms with E-state index in [1.165, 1.54) is 32.1 Å². The quantitative estimate of drug-likeness (QED) is 0.851. The molecule has 0 bridgehead atoms. The molecule has 1 aliphatic carbocycles. The first kappa shape index (κ1) is 17.6. The Labute approximate surface area is 142 Å². The van der Waals surface area contributed by atoms with E-state index in [2.05, 4.69) is 5.32 Å². The first-order valence-electron chi connectivity index (χ1n) is 9.46. The average molecular weight is 344 g/mol. The van der Waals surface area contributed by atoms with E-state index in [4.69, 9.17) is 0 Å². The van der Waals surface area contributed by atoms with Gasteiger partial charge in [0.2, 0.25) is 0 Å². The minimum Gasteiger partial charge on any atom is -0.319 e. The Morgan fingerprint density at radius 3 is 2.04 bits per heavy atom. The van der Waals surface area contributed by atoms with Crippen molar-refractivity contribution in [2.24, 2.45) is 11.3 Å². The molecule has 0 aromatic rings. The van der Waals surface area contributed by atoms with E-state index in [9.17, 15) is 8.42 Å². The number of piperidine rings is 2. The first-order chi connectivity index (χ1) is 11.1. The molecule has 1 N–H and O–H groups in total. The lowest BCUT2D eigenvalue weighted by Gasteiger charge is -2.45. The summed E-state index contributed by atoms with van der Waals surface area (Å²) in [5, 5.41) is 3.21. The topological polar surface area (TPSA) is 52.7 Å². The zero-order chi connectivity index (χ0) is 16.3. The lowest BCUT2D eigenvalue weighted by Crippen LogP contribution is -2.51. The van der Waals surface area contributed by atoms with Crippen LogP contribution in [0.15, 0.2) is 0 Å². The molecule has 0 amide bonds. The predicted octanol–water partition coefficient (Wildman–Crippen LogP) is 2.21. The molecule has 0 radical (unpaired) electrons. The van der Waals surface area contributed by atoms with Crippen molar-refractivity contribution < 1.29 is 8.42 Å². The monoisotopic (exact) mass is 343 g/mol. The second kappa shape index (κ2) is 7.38. The zero-order valence-corrected chi connectivity index (χ0v) is 15.4. The van der Waals surface area contributed by atoms with Gasteiger partial charge in [-0.2, -0.15) is 17.0 Å². The van der Waals surface area contributed by atoms with Gasteiger partial charge in [-0.3, -0.25) is 0 Å². The number of rotatable bonds is 4. The Hall–Kier alpha value is -0.170. The van der Waals surface area contributed by atoms with E-state index in [0.29, 0.717) is 24.4 Å². The summed E-state index contributed by atoms with van der Waals surface area (Å²) in [6, 6.07) is 0. The van der Waals surface area contributed by atoms with Gasteiger partial charge >= 0.3 is 0 Å². The Balaban J connectivity index is 1.55. The molecule has 0 aromatic carbocycles. The fraction of sp³-hybridized carbons (Fsp3) is 1.00. The van der Waals surface area contributed by atoms with Crippen molar-refractivity contribution in [3.63, 3.8) is 0 Å². The summed E-state index contributed by atoms with van der Waals surface area (Å²) in [6.45, 7) is 3.85. The van der Waals surface area contributed by atoms with Crippen molar-refractivity contribution in [1.29, 1.82) is 0 Å². The van der Waals surface area contributed by atoms with Crippen molar-refractivity contribution in [1.82, 2.24) is 13.9 Å². The third kappa shape index (κ3) is 3.91. The van der Waals surface area contributed by atoms with E-state index < -0.39 is 10.2 Å². The van der Waals surface area contributed by atoms with Crippen molar-refractivity contribution in [2.45, 2.75) is 57.8 Å². The summed E-state index contributed by atoms with van der Waals surface area (Å²) >= 11 is 0. The van der Waals surface area contributed by atoms with Gasteiger partial charge in [-0.05, 0) is 63.5 Å². The van der Waals surface area contributed by atoms with Crippen LogP contribution in [-0.4, -0.2) is 56.8 Å². The Morgan fingerprint density at radius 2 is 1.48 bits per heavy atom. The zero-order valence-electron chi connectivity index (χ0n) is 14.6. The summed E-state index contributed by atoms with van der Waals surface area (Å²) in [5.74, 6) is 0.623. The molecule has 2 heterocycles. The average Bonchev–Trinajstić information content (AvgIpc) is 2.57. The van der Waals surface area contributed by atoms with E-state index in [1.54, 1.807) is 8.61 Å². The molecular formula is C17H33N3O2S. The molecule has 3 rings (SSSR count). The van der Waals surface area contributed by atoms with Crippen LogP contribution in [0.25, 0.3) is 0 Å². The molecule has 0 aromatic heterocycles. The second-order valence-electron chi connectivity index (χ2n) is 7.87. The highest BCUT2D eigenvalue weighted by Crippen LogP contribution is 2.45.